The number of anilines is 1. The molecule has 3 N–H and O–H groups in total. The van der Waals surface area contributed by atoms with Crippen LogP contribution in [0.2, 0.25) is 0 Å². The van der Waals surface area contributed by atoms with E-state index < -0.39 is 0 Å². The molecule has 1 aromatic carbocycles. The maximum atomic E-state index is 12.0. The van der Waals surface area contributed by atoms with E-state index in [1.165, 1.54) is 0 Å². The third kappa shape index (κ3) is 7.25. The van der Waals surface area contributed by atoms with Crippen LogP contribution in [-0.2, 0) is 4.79 Å². The summed E-state index contributed by atoms with van der Waals surface area (Å²) in [6.45, 7) is 9.85. The van der Waals surface area contributed by atoms with Gasteiger partial charge in [0.2, 0.25) is 5.91 Å². The first-order chi connectivity index (χ1) is 9.96. The number of nitrogens with two attached hydrogens (primary N) is 1. The first kappa shape index (κ1) is 17.7. The maximum Gasteiger partial charge on any atom is 0.225 e. The zero-order valence-corrected chi connectivity index (χ0v) is 13.6. The van der Waals surface area contributed by atoms with E-state index >= 15 is 0 Å². The molecule has 118 valence electrons. The molecule has 21 heavy (non-hydrogen) atoms. The second-order valence-electron chi connectivity index (χ2n) is 6.31. The van der Waals surface area contributed by atoms with Crippen LogP contribution < -0.4 is 11.1 Å². The van der Waals surface area contributed by atoms with Gasteiger partial charge in [0, 0.05) is 25.2 Å². The molecule has 0 unspecified atom stereocenters. The molecule has 0 aliphatic rings. The van der Waals surface area contributed by atoms with E-state index in [0.29, 0.717) is 13.0 Å². The van der Waals surface area contributed by atoms with Crippen LogP contribution in [0.5, 0.6) is 0 Å². The maximum absolute atomic E-state index is 12.0. The number of nitrogens with one attached hydrogen (secondary N) is 1. The lowest BCUT2D eigenvalue weighted by Crippen LogP contribution is -2.40. The molecule has 1 aromatic rings. The monoisotopic (exact) mass is 291 g/mol. The van der Waals surface area contributed by atoms with Crippen LogP contribution in [0.3, 0.4) is 0 Å². The minimum Gasteiger partial charge on any atom is -0.330 e. The molecule has 0 aliphatic heterocycles. The van der Waals surface area contributed by atoms with Crippen LogP contribution in [0.1, 0.15) is 33.6 Å². The Kier molecular flexibility index (Phi) is 7.40. The Morgan fingerprint density at radius 3 is 2.48 bits per heavy atom. The van der Waals surface area contributed by atoms with Crippen molar-refractivity contribution in [1.82, 2.24) is 4.90 Å². The SMILES string of the molecule is CCCN(CCC(=O)Nc1ccccc1)CC(C)(C)CN. The second kappa shape index (κ2) is 8.80. The van der Waals surface area contributed by atoms with E-state index in [1.54, 1.807) is 0 Å². The fourth-order valence-corrected chi connectivity index (χ4v) is 2.26. The summed E-state index contributed by atoms with van der Waals surface area (Å²) in [5.41, 5.74) is 6.74. The minimum atomic E-state index is 0.0628. The predicted molar refractivity (Wildman–Crippen MR) is 89.3 cm³/mol. The summed E-state index contributed by atoms with van der Waals surface area (Å²) in [5.74, 6) is 0.0628. The lowest BCUT2D eigenvalue weighted by atomic mass is 9.93. The number of carbonyl (C=O) groups excluding carboxylic acids is 1. The molecule has 4 heteroatoms. The number of amides is 1. The van der Waals surface area contributed by atoms with E-state index in [1.807, 2.05) is 30.3 Å². The van der Waals surface area contributed by atoms with Gasteiger partial charge in [-0.2, -0.15) is 0 Å². The third-order valence-electron chi connectivity index (χ3n) is 3.46. The molecule has 0 atom stereocenters. The molecule has 0 radical (unpaired) electrons. The number of hydrogen-bond donors (Lipinski definition) is 2. The Bertz CT molecular complexity index is 417. The molecule has 0 saturated carbocycles. The van der Waals surface area contributed by atoms with Gasteiger partial charge in [0.25, 0.3) is 0 Å². The number of rotatable bonds is 9. The highest BCUT2D eigenvalue weighted by Crippen LogP contribution is 2.15. The summed E-state index contributed by atoms with van der Waals surface area (Å²) in [6, 6.07) is 9.58. The van der Waals surface area contributed by atoms with Gasteiger partial charge in [-0.05, 0) is 37.1 Å². The number of para-hydroxylation sites is 1. The fraction of sp³-hybridized carbons (Fsp3) is 0.588. The summed E-state index contributed by atoms with van der Waals surface area (Å²) in [4.78, 5) is 14.3. The summed E-state index contributed by atoms with van der Waals surface area (Å²) in [6.07, 6.45) is 1.59. The molecule has 0 aliphatic carbocycles. The number of hydrogen-bond acceptors (Lipinski definition) is 3. The molecule has 1 amide bonds. The molecule has 0 fully saturated rings. The van der Waals surface area contributed by atoms with Crippen LogP contribution in [0.15, 0.2) is 30.3 Å². The first-order valence-corrected chi connectivity index (χ1v) is 7.74. The van der Waals surface area contributed by atoms with Gasteiger partial charge in [0.15, 0.2) is 0 Å². The lowest BCUT2D eigenvalue weighted by molar-refractivity contribution is -0.116. The van der Waals surface area contributed by atoms with Crippen LogP contribution in [-0.4, -0.2) is 37.0 Å². The molecule has 0 bridgehead atoms. The van der Waals surface area contributed by atoms with Gasteiger partial charge >= 0.3 is 0 Å². The molecule has 4 nitrogen and oxygen atoms in total. The highest BCUT2D eigenvalue weighted by molar-refractivity contribution is 5.90. The average Bonchev–Trinajstić information content (AvgIpc) is 2.46. The van der Waals surface area contributed by atoms with Crippen molar-refractivity contribution in [2.75, 3.05) is 31.5 Å². The largest absolute Gasteiger partial charge is 0.330 e. The van der Waals surface area contributed by atoms with E-state index in [4.69, 9.17) is 5.73 Å². The van der Waals surface area contributed by atoms with E-state index in [2.05, 4.69) is 31.0 Å². The zero-order chi connectivity index (χ0) is 15.7. The highest BCUT2D eigenvalue weighted by atomic mass is 16.1. The van der Waals surface area contributed by atoms with E-state index in [0.717, 1.165) is 31.7 Å². The molecule has 0 heterocycles. The standard InChI is InChI=1S/C17H29N3O/c1-4-11-20(14-17(2,3)13-18)12-10-16(21)19-15-8-6-5-7-9-15/h5-9H,4,10-14,18H2,1-3H3,(H,19,21). The average molecular weight is 291 g/mol. The summed E-state index contributed by atoms with van der Waals surface area (Å²) < 4.78 is 0. The van der Waals surface area contributed by atoms with Crippen LogP contribution in [0.25, 0.3) is 0 Å². The summed E-state index contributed by atoms with van der Waals surface area (Å²) >= 11 is 0. The van der Waals surface area contributed by atoms with Crippen molar-refractivity contribution < 1.29 is 4.79 Å². The third-order valence-corrected chi connectivity index (χ3v) is 3.46. The van der Waals surface area contributed by atoms with Gasteiger partial charge in [-0.15, -0.1) is 0 Å². The lowest BCUT2D eigenvalue weighted by Gasteiger charge is -2.31. The number of carbonyl (C=O) groups is 1. The highest BCUT2D eigenvalue weighted by Gasteiger charge is 2.20. The predicted octanol–water partition coefficient (Wildman–Crippen LogP) is 2.71. The molecule has 0 aromatic heterocycles. The summed E-state index contributed by atoms with van der Waals surface area (Å²) in [7, 11) is 0. The number of benzene rings is 1. The van der Waals surface area contributed by atoms with Crippen LogP contribution in [0, 0.1) is 5.41 Å². The van der Waals surface area contributed by atoms with Crippen LogP contribution >= 0.6 is 0 Å². The van der Waals surface area contributed by atoms with Crippen molar-refractivity contribution in [2.45, 2.75) is 33.6 Å². The van der Waals surface area contributed by atoms with Crippen molar-refractivity contribution >= 4 is 11.6 Å². The van der Waals surface area contributed by atoms with Gasteiger partial charge in [0.1, 0.15) is 0 Å². The van der Waals surface area contributed by atoms with Crippen molar-refractivity contribution in [1.29, 1.82) is 0 Å². The van der Waals surface area contributed by atoms with E-state index in [-0.39, 0.29) is 11.3 Å². The second-order valence-corrected chi connectivity index (χ2v) is 6.31. The minimum absolute atomic E-state index is 0.0628. The van der Waals surface area contributed by atoms with Gasteiger partial charge in [0.05, 0.1) is 0 Å². The summed E-state index contributed by atoms with van der Waals surface area (Å²) in [5, 5.41) is 2.93. The van der Waals surface area contributed by atoms with Crippen LogP contribution in [0.4, 0.5) is 5.69 Å². The van der Waals surface area contributed by atoms with E-state index in [9.17, 15) is 4.79 Å². The number of nitrogens with zero attached hydrogens (tertiary/aromatic N) is 1. The van der Waals surface area contributed by atoms with Crippen molar-refractivity contribution in [3.63, 3.8) is 0 Å². The zero-order valence-electron chi connectivity index (χ0n) is 13.6. The molecular formula is C17H29N3O. The quantitative estimate of drug-likeness (QED) is 0.735. The van der Waals surface area contributed by atoms with Gasteiger partial charge in [-0.1, -0.05) is 39.0 Å². The normalized spacial score (nSPS) is 11.7. The molecule has 1 rings (SSSR count). The van der Waals surface area contributed by atoms with Crippen molar-refractivity contribution in [3.8, 4) is 0 Å². The van der Waals surface area contributed by atoms with Crippen molar-refractivity contribution in [2.24, 2.45) is 11.1 Å². The van der Waals surface area contributed by atoms with Gasteiger partial charge in [-0.25, -0.2) is 0 Å². The first-order valence-electron chi connectivity index (χ1n) is 7.74. The Labute approximate surface area is 128 Å². The smallest absolute Gasteiger partial charge is 0.225 e. The Morgan fingerprint density at radius 2 is 1.90 bits per heavy atom. The fourth-order valence-electron chi connectivity index (χ4n) is 2.26. The molecular weight excluding hydrogens is 262 g/mol. The van der Waals surface area contributed by atoms with Gasteiger partial charge in [-0.3, -0.25) is 4.79 Å². The topological polar surface area (TPSA) is 58.4 Å². The van der Waals surface area contributed by atoms with Crippen molar-refractivity contribution in [3.05, 3.63) is 30.3 Å². The Morgan fingerprint density at radius 1 is 1.24 bits per heavy atom. The molecule has 0 saturated heterocycles. The Hall–Kier alpha value is -1.39. The van der Waals surface area contributed by atoms with Gasteiger partial charge < -0.3 is 16.0 Å². The Balaban J connectivity index is 2.43. The molecule has 0 spiro atoms.